The number of hydrogen-bond donors (Lipinski definition) is 1. The Labute approximate surface area is 237 Å². The fourth-order valence-electron chi connectivity index (χ4n) is 5.41. The number of non-ortho nitro benzene ring substituents is 1. The first-order valence-corrected chi connectivity index (χ1v) is 13.3. The summed E-state index contributed by atoms with van der Waals surface area (Å²) < 4.78 is 23.8. The first-order valence-electron chi connectivity index (χ1n) is 13.3. The molecule has 41 heavy (non-hydrogen) atoms. The van der Waals surface area contributed by atoms with Crippen molar-refractivity contribution in [2.24, 2.45) is 5.92 Å². The number of hydrogen-bond acceptors (Lipinski definition) is 9. The van der Waals surface area contributed by atoms with Gasteiger partial charge < -0.3 is 14.8 Å². The number of nitrogens with zero attached hydrogens (tertiary/aromatic N) is 2. The van der Waals surface area contributed by atoms with Gasteiger partial charge in [-0.05, 0) is 69.6 Å². The number of dihydropyridines is 1. The third-order valence-electron chi connectivity index (χ3n) is 7.53. The number of esters is 2. The SMILES string of the molecule is COC(=O)C1=C(C)NC(C)=C(C(=O)OCCN2CCC(C(=O)c3ccc(F)cc3)CC2)[C@H]1c1cccc([N+](=O)[O-])c1. The molecule has 2 aromatic carbocycles. The highest BCUT2D eigenvalue weighted by Gasteiger charge is 2.38. The first-order chi connectivity index (χ1) is 19.6. The highest BCUT2D eigenvalue weighted by Crippen LogP contribution is 2.40. The summed E-state index contributed by atoms with van der Waals surface area (Å²) in [6.45, 7) is 5.16. The van der Waals surface area contributed by atoms with E-state index in [9.17, 15) is 28.9 Å². The monoisotopic (exact) mass is 565 g/mol. The molecule has 0 bridgehead atoms. The predicted octanol–water partition coefficient (Wildman–Crippen LogP) is 4.28. The quantitative estimate of drug-likeness (QED) is 0.205. The summed E-state index contributed by atoms with van der Waals surface area (Å²) in [6.07, 6.45) is 1.28. The largest absolute Gasteiger partial charge is 0.466 e. The van der Waals surface area contributed by atoms with Crippen molar-refractivity contribution in [3.8, 4) is 0 Å². The molecule has 1 saturated heterocycles. The molecule has 2 aliphatic rings. The van der Waals surface area contributed by atoms with Crippen LogP contribution in [0, 0.1) is 21.8 Å². The van der Waals surface area contributed by atoms with E-state index in [2.05, 4.69) is 10.2 Å². The first kappa shape index (κ1) is 29.6. The van der Waals surface area contributed by atoms with Crippen LogP contribution < -0.4 is 5.32 Å². The van der Waals surface area contributed by atoms with Gasteiger partial charge in [-0.2, -0.15) is 0 Å². The van der Waals surface area contributed by atoms with Gasteiger partial charge >= 0.3 is 11.9 Å². The van der Waals surface area contributed by atoms with Crippen molar-refractivity contribution in [1.29, 1.82) is 0 Å². The van der Waals surface area contributed by atoms with Crippen LogP contribution in [0.5, 0.6) is 0 Å². The summed E-state index contributed by atoms with van der Waals surface area (Å²) in [6, 6.07) is 11.4. The number of nitro benzene ring substituents is 1. The summed E-state index contributed by atoms with van der Waals surface area (Å²) in [5.74, 6) is -2.78. The minimum atomic E-state index is -0.927. The lowest BCUT2D eigenvalue weighted by molar-refractivity contribution is -0.384. The van der Waals surface area contributed by atoms with Crippen LogP contribution in [0.1, 0.15) is 48.5 Å². The minimum Gasteiger partial charge on any atom is -0.466 e. The molecule has 0 unspecified atom stereocenters. The Morgan fingerprint density at radius 1 is 1.02 bits per heavy atom. The second kappa shape index (κ2) is 12.9. The van der Waals surface area contributed by atoms with E-state index in [1.54, 1.807) is 19.9 Å². The number of carbonyl (C=O) groups excluding carboxylic acids is 3. The lowest BCUT2D eigenvalue weighted by atomic mass is 9.80. The molecule has 0 aromatic heterocycles. The Kier molecular flexibility index (Phi) is 9.28. The normalized spacial score (nSPS) is 18.1. The number of nitro groups is 1. The highest BCUT2D eigenvalue weighted by molar-refractivity contribution is 6.00. The van der Waals surface area contributed by atoms with Crippen LogP contribution >= 0.6 is 0 Å². The molecule has 0 saturated carbocycles. The second-order valence-corrected chi connectivity index (χ2v) is 10.1. The number of allylic oxidation sites excluding steroid dienone is 2. The number of halogens is 1. The van der Waals surface area contributed by atoms with Gasteiger partial charge in [-0.3, -0.25) is 19.8 Å². The van der Waals surface area contributed by atoms with Crippen LogP contribution in [-0.2, 0) is 19.1 Å². The molecule has 4 rings (SSSR count). The molecular formula is C30H32FN3O7. The number of rotatable bonds is 9. The molecule has 0 spiro atoms. The third kappa shape index (κ3) is 6.68. The number of Topliss-reactive ketones (excluding diaryl/α,β-unsaturated/α-hetero) is 1. The molecule has 1 N–H and O–H groups in total. The minimum absolute atomic E-state index is 0.000220. The van der Waals surface area contributed by atoms with Gasteiger partial charge in [-0.1, -0.05) is 12.1 Å². The zero-order valence-electron chi connectivity index (χ0n) is 23.1. The van der Waals surface area contributed by atoms with Gasteiger partial charge in [-0.15, -0.1) is 0 Å². The van der Waals surface area contributed by atoms with Crippen LogP contribution in [0.15, 0.2) is 71.1 Å². The number of ketones is 1. The van der Waals surface area contributed by atoms with E-state index >= 15 is 0 Å². The van der Waals surface area contributed by atoms with Crippen LogP contribution in [0.25, 0.3) is 0 Å². The molecule has 2 heterocycles. The molecule has 1 fully saturated rings. The molecule has 2 aromatic rings. The van der Waals surface area contributed by atoms with Crippen molar-refractivity contribution in [1.82, 2.24) is 10.2 Å². The highest BCUT2D eigenvalue weighted by atomic mass is 19.1. The molecule has 216 valence electrons. The van der Waals surface area contributed by atoms with E-state index in [1.807, 2.05) is 0 Å². The van der Waals surface area contributed by atoms with E-state index in [-0.39, 0.29) is 41.0 Å². The molecule has 11 heteroatoms. The third-order valence-corrected chi connectivity index (χ3v) is 7.53. The summed E-state index contributed by atoms with van der Waals surface area (Å²) in [5.41, 5.74) is 1.99. The fourth-order valence-corrected chi connectivity index (χ4v) is 5.41. The van der Waals surface area contributed by atoms with Crippen molar-refractivity contribution < 1.29 is 33.2 Å². The van der Waals surface area contributed by atoms with Crippen molar-refractivity contribution in [3.63, 3.8) is 0 Å². The number of nitrogens with one attached hydrogen (secondary N) is 1. The number of methoxy groups -OCH3 is 1. The molecule has 1 atom stereocenters. The van der Waals surface area contributed by atoms with Gasteiger partial charge in [0.1, 0.15) is 12.4 Å². The Bertz CT molecular complexity index is 1410. The van der Waals surface area contributed by atoms with Crippen molar-refractivity contribution in [2.45, 2.75) is 32.6 Å². The Morgan fingerprint density at radius 2 is 1.66 bits per heavy atom. The average molecular weight is 566 g/mol. The van der Waals surface area contributed by atoms with E-state index in [0.717, 1.165) is 0 Å². The van der Waals surface area contributed by atoms with Crippen LogP contribution in [-0.4, -0.2) is 60.9 Å². The maximum absolute atomic E-state index is 13.4. The van der Waals surface area contributed by atoms with E-state index in [4.69, 9.17) is 9.47 Å². The summed E-state index contributed by atoms with van der Waals surface area (Å²) in [5, 5.41) is 14.5. The molecular weight excluding hydrogens is 533 g/mol. The zero-order chi connectivity index (χ0) is 29.7. The Balaban J connectivity index is 1.42. The van der Waals surface area contributed by atoms with Gasteiger partial charge in [0, 0.05) is 41.6 Å². The smallest absolute Gasteiger partial charge is 0.336 e. The van der Waals surface area contributed by atoms with Crippen molar-refractivity contribution in [2.75, 3.05) is 33.4 Å². The molecule has 10 nitrogen and oxygen atoms in total. The summed E-state index contributed by atoms with van der Waals surface area (Å²) >= 11 is 0. The topological polar surface area (TPSA) is 128 Å². The van der Waals surface area contributed by atoms with E-state index < -0.39 is 22.8 Å². The standard InChI is InChI=1S/C30H32FN3O7/c1-18-25(29(36)40-3)27(22-5-4-6-24(17-22)34(38)39)26(19(2)32-18)30(37)41-16-15-33-13-11-21(12-14-33)28(35)20-7-9-23(31)10-8-20/h4-10,17,21,27,32H,11-16H2,1-3H3/t27-/m0/s1. The maximum Gasteiger partial charge on any atom is 0.336 e. The lowest BCUT2D eigenvalue weighted by Gasteiger charge is -2.32. The zero-order valence-corrected chi connectivity index (χ0v) is 23.1. The summed E-state index contributed by atoms with van der Waals surface area (Å²) in [4.78, 5) is 52.0. The Morgan fingerprint density at radius 3 is 2.27 bits per heavy atom. The van der Waals surface area contributed by atoms with Crippen molar-refractivity contribution in [3.05, 3.63) is 98.1 Å². The number of likely N-dealkylation sites (tertiary alicyclic amines) is 1. The van der Waals surface area contributed by atoms with E-state index in [1.165, 1.54) is 49.6 Å². The molecule has 0 amide bonds. The molecule has 0 radical (unpaired) electrons. The van der Waals surface area contributed by atoms with Crippen LogP contribution in [0.4, 0.5) is 10.1 Å². The number of ether oxygens (including phenoxy) is 2. The lowest BCUT2D eigenvalue weighted by Crippen LogP contribution is -2.39. The predicted molar refractivity (Wildman–Crippen MR) is 147 cm³/mol. The van der Waals surface area contributed by atoms with Gasteiger partial charge in [-0.25, -0.2) is 14.0 Å². The maximum atomic E-state index is 13.4. The summed E-state index contributed by atoms with van der Waals surface area (Å²) in [7, 11) is 1.23. The van der Waals surface area contributed by atoms with Gasteiger partial charge in [0.15, 0.2) is 5.78 Å². The number of carbonyl (C=O) groups is 3. The van der Waals surface area contributed by atoms with Crippen LogP contribution in [0.3, 0.4) is 0 Å². The number of benzene rings is 2. The fraction of sp³-hybridized carbons (Fsp3) is 0.367. The van der Waals surface area contributed by atoms with Gasteiger partial charge in [0.05, 0.1) is 29.1 Å². The Hall–Kier alpha value is -4.38. The second-order valence-electron chi connectivity index (χ2n) is 10.1. The molecule has 2 aliphatic heterocycles. The van der Waals surface area contributed by atoms with Crippen LogP contribution in [0.2, 0.25) is 0 Å². The number of piperidine rings is 1. The van der Waals surface area contributed by atoms with E-state index in [0.29, 0.717) is 55.0 Å². The average Bonchev–Trinajstić information content (AvgIpc) is 2.96. The van der Waals surface area contributed by atoms with Gasteiger partial charge in [0.25, 0.3) is 5.69 Å². The van der Waals surface area contributed by atoms with Gasteiger partial charge in [0.2, 0.25) is 0 Å². The van der Waals surface area contributed by atoms with Crippen molar-refractivity contribution >= 4 is 23.4 Å². The molecule has 0 aliphatic carbocycles.